The Labute approximate surface area is 94.8 Å². The van der Waals surface area contributed by atoms with Crippen molar-refractivity contribution in [3.8, 4) is 0 Å². The molecule has 90 valence electrons. The number of amides is 1. The van der Waals surface area contributed by atoms with Gasteiger partial charge in [-0.1, -0.05) is 19.0 Å². The van der Waals surface area contributed by atoms with Crippen LogP contribution in [-0.2, 0) is 0 Å². The van der Waals surface area contributed by atoms with Crippen molar-refractivity contribution in [2.75, 3.05) is 6.54 Å². The van der Waals surface area contributed by atoms with Crippen molar-refractivity contribution in [2.24, 2.45) is 5.92 Å². The first-order valence-corrected chi connectivity index (χ1v) is 5.40. The van der Waals surface area contributed by atoms with Crippen LogP contribution in [0, 0.1) is 12.8 Å². The molecule has 0 aromatic carbocycles. The number of carbonyl (C=O) groups is 1. The third kappa shape index (κ3) is 3.66. The van der Waals surface area contributed by atoms with E-state index in [4.69, 9.17) is 4.52 Å². The van der Waals surface area contributed by atoms with Crippen LogP contribution in [0.5, 0.6) is 0 Å². The molecule has 0 fully saturated rings. The molecule has 5 heteroatoms. The van der Waals surface area contributed by atoms with Crippen molar-refractivity contribution < 1.29 is 14.4 Å². The fourth-order valence-corrected chi connectivity index (χ4v) is 1.23. The lowest BCUT2D eigenvalue weighted by Crippen LogP contribution is -2.28. The summed E-state index contributed by atoms with van der Waals surface area (Å²) < 4.78 is 4.79. The smallest absolute Gasteiger partial charge is 0.273 e. The van der Waals surface area contributed by atoms with E-state index in [-0.39, 0.29) is 23.6 Å². The summed E-state index contributed by atoms with van der Waals surface area (Å²) in [7, 11) is 0. The van der Waals surface area contributed by atoms with Gasteiger partial charge in [0.05, 0.1) is 6.10 Å². The van der Waals surface area contributed by atoms with Crippen LogP contribution in [-0.4, -0.2) is 28.8 Å². The predicted octanol–water partition coefficient (Wildman–Crippen LogP) is 1.12. The third-order valence-corrected chi connectivity index (χ3v) is 2.36. The topological polar surface area (TPSA) is 75.4 Å². The highest BCUT2D eigenvalue weighted by Crippen LogP contribution is 2.05. The number of nitrogens with one attached hydrogen (secondary N) is 1. The zero-order valence-electron chi connectivity index (χ0n) is 9.86. The Balaban J connectivity index is 2.31. The molecule has 1 aromatic heterocycles. The first kappa shape index (κ1) is 12.7. The fraction of sp³-hybridized carbons (Fsp3) is 0.636. The normalized spacial score (nSPS) is 12.8. The van der Waals surface area contributed by atoms with Crippen LogP contribution >= 0.6 is 0 Å². The standard InChI is InChI=1S/C11H18N2O3/c1-7(2)10(14)4-5-12-11(15)9-6-8(3)16-13-9/h6-7,10,14H,4-5H2,1-3H3,(H,12,15). The van der Waals surface area contributed by atoms with E-state index >= 15 is 0 Å². The van der Waals surface area contributed by atoms with E-state index in [9.17, 15) is 9.90 Å². The molecule has 0 bridgehead atoms. The first-order chi connectivity index (χ1) is 7.50. The maximum absolute atomic E-state index is 11.5. The summed E-state index contributed by atoms with van der Waals surface area (Å²) in [5.41, 5.74) is 0.275. The highest BCUT2D eigenvalue weighted by molar-refractivity contribution is 5.92. The Morgan fingerprint density at radius 3 is 2.81 bits per heavy atom. The lowest BCUT2D eigenvalue weighted by Gasteiger charge is -2.13. The Morgan fingerprint density at radius 1 is 1.62 bits per heavy atom. The first-order valence-electron chi connectivity index (χ1n) is 5.40. The lowest BCUT2D eigenvalue weighted by molar-refractivity contribution is 0.0912. The Bertz CT molecular complexity index is 347. The van der Waals surface area contributed by atoms with Crippen molar-refractivity contribution >= 4 is 5.91 Å². The number of carbonyl (C=O) groups excluding carboxylic acids is 1. The molecular formula is C11H18N2O3. The van der Waals surface area contributed by atoms with Gasteiger partial charge in [-0.25, -0.2) is 0 Å². The van der Waals surface area contributed by atoms with Gasteiger partial charge in [-0.3, -0.25) is 4.79 Å². The van der Waals surface area contributed by atoms with Gasteiger partial charge >= 0.3 is 0 Å². The largest absolute Gasteiger partial charge is 0.393 e. The van der Waals surface area contributed by atoms with Crippen LogP contribution in [0.1, 0.15) is 36.5 Å². The van der Waals surface area contributed by atoms with E-state index in [1.165, 1.54) is 0 Å². The Kier molecular flexibility index (Phi) is 4.49. The van der Waals surface area contributed by atoms with Crippen LogP contribution in [0.2, 0.25) is 0 Å². The molecule has 0 saturated carbocycles. The highest BCUT2D eigenvalue weighted by Gasteiger charge is 2.12. The van der Waals surface area contributed by atoms with Crippen molar-refractivity contribution in [2.45, 2.75) is 33.3 Å². The minimum Gasteiger partial charge on any atom is -0.393 e. The average molecular weight is 226 g/mol. The quantitative estimate of drug-likeness (QED) is 0.789. The van der Waals surface area contributed by atoms with E-state index < -0.39 is 0 Å². The summed E-state index contributed by atoms with van der Waals surface area (Å²) in [5, 5.41) is 15.8. The van der Waals surface area contributed by atoms with Gasteiger partial charge < -0.3 is 14.9 Å². The van der Waals surface area contributed by atoms with Crippen molar-refractivity contribution in [3.05, 3.63) is 17.5 Å². The second-order valence-corrected chi connectivity index (χ2v) is 4.18. The molecule has 1 aromatic rings. The number of nitrogens with zero attached hydrogens (tertiary/aromatic N) is 1. The van der Waals surface area contributed by atoms with Crippen LogP contribution in [0.4, 0.5) is 0 Å². The molecule has 1 atom stereocenters. The fourth-order valence-electron chi connectivity index (χ4n) is 1.23. The summed E-state index contributed by atoms with van der Waals surface area (Å²) in [6, 6.07) is 1.58. The van der Waals surface area contributed by atoms with E-state index in [1.807, 2.05) is 13.8 Å². The Hall–Kier alpha value is -1.36. The number of aliphatic hydroxyl groups is 1. The van der Waals surface area contributed by atoms with Crippen molar-refractivity contribution in [3.63, 3.8) is 0 Å². The molecule has 0 saturated heterocycles. The van der Waals surface area contributed by atoms with Crippen molar-refractivity contribution in [1.82, 2.24) is 10.5 Å². The number of aliphatic hydroxyl groups excluding tert-OH is 1. The molecule has 0 aliphatic carbocycles. The number of aromatic nitrogens is 1. The zero-order valence-corrected chi connectivity index (χ0v) is 9.86. The van der Waals surface area contributed by atoms with Gasteiger partial charge in [0.25, 0.3) is 5.91 Å². The third-order valence-electron chi connectivity index (χ3n) is 2.36. The number of rotatable bonds is 5. The van der Waals surface area contributed by atoms with Gasteiger partial charge in [0.1, 0.15) is 5.76 Å². The van der Waals surface area contributed by atoms with Gasteiger partial charge in [-0.15, -0.1) is 0 Å². The van der Waals surface area contributed by atoms with Crippen molar-refractivity contribution in [1.29, 1.82) is 0 Å². The highest BCUT2D eigenvalue weighted by atomic mass is 16.5. The molecule has 0 aliphatic heterocycles. The zero-order chi connectivity index (χ0) is 12.1. The van der Waals surface area contributed by atoms with Crippen LogP contribution in [0.25, 0.3) is 0 Å². The molecule has 1 amide bonds. The summed E-state index contributed by atoms with van der Waals surface area (Å²) in [6.07, 6.45) is 0.152. The Morgan fingerprint density at radius 2 is 2.31 bits per heavy atom. The molecule has 16 heavy (non-hydrogen) atoms. The summed E-state index contributed by atoms with van der Waals surface area (Å²) in [5.74, 6) is 0.534. The maximum atomic E-state index is 11.5. The van der Waals surface area contributed by atoms with E-state index in [0.29, 0.717) is 18.7 Å². The van der Waals surface area contributed by atoms with Crippen LogP contribution < -0.4 is 5.32 Å². The van der Waals surface area contributed by atoms with Crippen LogP contribution in [0.15, 0.2) is 10.6 Å². The van der Waals surface area contributed by atoms with Gasteiger partial charge in [0.15, 0.2) is 5.69 Å². The number of hydrogen-bond acceptors (Lipinski definition) is 4. The van der Waals surface area contributed by atoms with Gasteiger partial charge in [0, 0.05) is 12.6 Å². The molecule has 1 unspecified atom stereocenters. The molecule has 0 aliphatic rings. The SMILES string of the molecule is Cc1cc(C(=O)NCCC(O)C(C)C)no1. The monoisotopic (exact) mass is 226 g/mol. The van der Waals surface area contributed by atoms with Gasteiger partial charge in [0.2, 0.25) is 0 Å². The molecule has 0 spiro atoms. The van der Waals surface area contributed by atoms with E-state index in [1.54, 1.807) is 13.0 Å². The van der Waals surface area contributed by atoms with Crippen LogP contribution in [0.3, 0.4) is 0 Å². The minimum atomic E-state index is -0.389. The summed E-state index contributed by atoms with van der Waals surface area (Å²) in [6.45, 7) is 6.04. The number of aryl methyl sites for hydroxylation is 1. The number of hydrogen-bond donors (Lipinski definition) is 2. The average Bonchev–Trinajstić information content (AvgIpc) is 2.64. The predicted molar refractivity (Wildman–Crippen MR) is 59.0 cm³/mol. The second kappa shape index (κ2) is 5.65. The van der Waals surface area contributed by atoms with E-state index in [0.717, 1.165) is 0 Å². The molecule has 1 heterocycles. The summed E-state index contributed by atoms with van der Waals surface area (Å²) >= 11 is 0. The second-order valence-electron chi connectivity index (χ2n) is 4.18. The van der Waals surface area contributed by atoms with Gasteiger partial charge in [-0.05, 0) is 19.3 Å². The molecule has 5 nitrogen and oxygen atoms in total. The molecular weight excluding hydrogens is 208 g/mol. The molecule has 2 N–H and O–H groups in total. The molecule has 1 rings (SSSR count). The van der Waals surface area contributed by atoms with E-state index in [2.05, 4.69) is 10.5 Å². The van der Waals surface area contributed by atoms with Gasteiger partial charge in [-0.2, -0.15) is 0 Å². The minimum absolute atomic E-state index is 0.200. The maximum Gasteiger partial charge on any atom is 0.273 e. The summed E-state index contributed by atoms with van der Waals surface area (Å²) in [4.78, 5) is 11.5. The lowest BCUT2D eigenvalue weighted by atomic mass is 10.0. The molecule has 0 radical (unpaired) electrons.